The number of hydrogen-bond donors (Lipinski definition) is 0. The first-order chi connectivity index (χ1) is 15.6. The highest BCUT2D eigenvalue weighted by molar-refractivity contribution is 7.19. The minimum absolute atomic E-state index is 0.0557. The molecule has 0 spiro atoms. The molecule has 3 aromatic rings. The van der Waals surface area contributed by atoms with Crippen molar-refractivity contribution in [1.29, 1.82) is 0 Å². The Kier molecular flexibility index (Phi) is 5.73. The van der Waals surface area contributed by atoms with Gasteiger partial charge in [0, 0.05) is 49.7 Å². The molecule has 2 aliphatic heterocycles. The summed E-state index contributed by atoms with van der Waals surface area (Å²) in [6, 6.07) is 7.38. The molecule has 0 saturated carbocycles. The van der Waals surface area contributed by atoms with Gasteiger partial charge in [-0.25, -0.2) is 9.97 Å². The fourth-order valence-corrected chi connectivity index (χ4v) is 5.99. The van der Waals surface area contributed by atoms with Crippen LogP contribution in [0, 0.1) is 6.92 Å². The van der Waals surface area contributed by atoms with Crippen LogP contribution in [0.25, 0.3) is 10.2 Å². The van der Waals surface area contributed by atoms with Gasteiger partial charge < -0.3 is 14.5 Å². The Labute approximate surface area is 192 Å². The number of aromatic nitrogens is 2. The number of nitrogens with zero attached hydrogens (tertiary/aromatic N) is 5. The number of carbonyl (C=O) groups is 1. The van der Waals surface area contributed by atoms with E-state index in [1.807, 2.05) is 47.4 Å². The molecule has 1 aromatic carbocycles. The van der Waals surface area contributed by atoms with Crippen molar-refractivity contribution in [3.8, 4) is 5.75 Å². The Morgan fingerprint density at radius 3 is 2.72 bits per heavy atom. The standard InChI is InChI=1S/C24H29N5O2S/c1-4-27-9-8-19-20(15-27)32-23-21(19)22(25-16(2)26-23)28-10-12-29(13-11-28)24(30)17-6-5-7-18(14-17)31-3/h5-7,14H,4,8-13,15H2,1-3H3. The lowest BCUT2D eigenvalue weighted by Gasteiger charge is -2.36. The third-order valence-electron chi connectivity index (χ3n) is 6.50. The Balaban J connectivity index is 1.38. The molecule has 0 aliphatic carbocycles. The minimum Gasteiger partial charge on any atom is -0.497 e. The highest BCUT2D eigenvalue weighted by Gasteiger charge is 2.28. The molecule has 4 heterocycles. The molecule has 1 fully saturated rings. The van der Waals surface area contributed by atoms with Crippen molar-refractivity contribution in [2.45, 2.75) is 26.8 Å². The molecule has 1 amide bonds. The highest BCUT2D eigenvalue weighted by Crippen LogP contribution is 2.39. The lowest BCUT2D eigenvalue weighted by molar-refractivity contribution is 0.0746. The Morgan fingerprint density at radius 2 is 1.97 bits per heavy atom. The van der Waals surface area contributed by atoms with E-state index in [1.165, 1.54) is 15.8 Å². The van der Waals surface area contributed by atoms with Crippen LogP contribution in [0.1, 0.15) is 33.5 Å². The Bertz CT molecular complexity index is 1150. The van der Waals surface area contributed by atoms with Crippen molar-refractivity contribution >= 4 is 33.3 Å². The lowest BCUT2D eigenvalue weighted by atomic mass is 10.0. The van der Waals surface area contributed by atoms with Crippen molar-refractivity contribution in [1.82, 2.24) is 19.8 Å². The lowest BCUT2D eigenvalue weighted by Crippen LogP contribution is -2.49. The maximum atomic E-state index is 13.0. The summed E-state index contributed by atoms with van der Waals surface area (Å²) in [5.74, 6) is 2.62. The zero-order valence-corrected chi connectivity index (χ0v) is 19.7. The molecule has 32 heavy (non-hydrogen) atoms. The minimum atomic E-state index is 0.0557. The fraction of sp³-hybridized carbons (Fsp3) is 0.458. The molecule has 0 N–H and O–H groups in total. The summed E-state index contributed by atoms with van der Waals surface area (Å²) in [7, 11) is 1.62. The van der Waals surface area contributed by atoms with E-state index in [0.29, 0.717) is 24.4 Å². The van der Waals surface area contributed by atoms with Crippen LogP contribution in [-0.2, 0) is 13.0 Å². The SMILES string of the molecule is CCN1CCc2c(sc3nc(C)nc(N4CCN(C(=O)c5cccc(OC)c5)CC4)c23)C1. The third kappa shape index (κ3) is 3.82. The summed E-state index contributed by atoms with van der Waals surface area (Å²) in [4.78, 5) is 32.0. The number of ether oxygens (including phenoxy) is 1. The van der Waals surface area contributed by atoms with E-state index in [9.17, 15) is 4.79 Å². The van der Waals surface area contributed by atoms with Gasteiger partial charge in [0.05, 0.1) is 12.5 Å². The highest BCUT2D eigenvalue weighted by atomic mass is 32.1. The molecule has 5 rings (SSSR count). The van der Waals surface area contributed by atoms with Crippen molar-refractivity contribution in [3.63, 3.8) is 0 Å². The predicted molar refractivity (Wildman–Crippen MR) is 128 cm³/mol. The van der Waals surface area contributed by atoms with Gasteiger partial charge in [0.15, 0.2) is 0 Å². The Hall–Kier alpha value is -2.71. The molecular formula is C24H29N5O2S. The van der Waals surface area contributed by atoms with E-state index < -0.39 is 0 Å². The summed E-state index contributed by atoms with van der Waals surface area (Å²) in [6.07, 6.45) is 1.05. The number of fused-ring (bicyclic) bond motifs is 3. The van der Waals surface area contributed by atoms with Crippen molar-refractivity contribution in [3.05, 3.63) is 46.1 Å². The molecule has 0 radical (unpaired) electrons. The molecule has 8 heteroatoms. The van der Waals surface area contributed by atoms with Crippen LogP contribution >= 0.6 is 11.3 Å². The number of methoxy groups -OCH3 is 1. The fourth-order valence-electron chi connectivity index (χ4n) is 4.69. The largest absolute Gasteiger partial charge is 0.497 e. The zero-order valence-electron chi connectivity index (χ0n) is 18.9. The number of carbonyl (C=O) groups excluding carboxylic acids is 1. The second-order valence-electron chi connectivity index (χ2n) is 8.41. The van der Waals surface area contributed by atoms with Gasteiger partial charge in [-0.3, -0.25) is 9.69 Å². The first-order valence-electron chi connectivity index (χ1n) is 11.3. The van der Waals surface area contributed by atoms with Gasteiger partial charge in [0.1, 0.15) is 22.2 Å². The molecule has 2 aromatic heterocycles. The van der Waals surface area contributed by atoms with Gasteiger partial charge in [-0.15, -0.1) is 11.3 Å². The number of likely N-dealkylation sites (N-methyl/N-ethyl adjacent to an activating group) is 1. The summed E-state index contributed by atoms with van der Waals surface area (Å²) in [6.45, 7) is 10.3. The maximum Gasteiger partial charge on any atom is 0.254 e. The van der Waals surface area contributed by atoms with Gasteiger partial charge >= 0.3 is 0 Å². The van der Waals surface area contributed by atoms with E-state index in [0.717, 1.165) is 55.6 Å². The van der Waals surface area contributed by atoms with Crippen LogP contribution < -0.4 is 9.64 Å². The first-order valence-corrected chi connectivity index (χ1v) is 12.1. The van der Waals surface area contributed by atoms with Gasteiger partial charge in [-0.05, 0) is 43.7 Å². The quantitative estimate of drug-likeness (QED) is 0.606. The van der Waals surface area contributed by atoms with Crippen LogP contribution in [0.5, 0.6) is 5.75 Å². The summed E-state index contributed by atoms with van der Waals surface area (Å²) in [5.41, 5.74) is 2.10. The number of amides is 1. The summed E-state index contributed by atoms with van der Waals surface area (Å²) < 4.78 is 5.28. The first kappa shape index (κ1) is 21.2. The normalized spacial score (nSPS) is 17.0. The van der Waals surface area contributed by atoms with Crippen LogP contribution in [0.3, 0.4) is 0 Å². The number of benzene rings is 1. The van der Waals surface area contributed by atoms with E-state index in [4.69, 9.17) is 14.7 Å². The van der Waals surface area contributed by atoms with E-state index in [-0.39, 0.29) is 5.91 Å². The van der Waals surface area contributed by atoms with E-state index >= 15 is 0 Å². The number of rotatable bonds is 4. The molecule has 0 bridgehead atoms. The third-order valence-corrected chi connectivity index (χ3v) is 7.61. The smallest absolute Gasteiger partial charge is 0.254 e. The van der Waals surface area contributed by atoms with Crippen molar-refractivity contribution in [2.24, 2.45) is 0 Å². The Morgan fingerprint density at radius 1 is 1.16 bits per heavy atom. The summed E-state index contributed by atoms with van der Waals surface area (Å²) >= 11 is 1.82. The second kappa shape index (κ2) is 8.67. The topological polar surface area (TPSA) is 61.8 Å². The van der Waals surface area contributed by atoms with Gasteiger partial charge in [-0.2, -0.15) is 0 Å². The number of aryl methyl sites for hydroxylation is 1. The summed E-state index contributed by atoms with van der Waals surface area (Å²) in [5, 5.41) is 1.24. The monoisotopic (exact) mass is 451 g/mol. The maximum absolute atomic E-state index is 13.0. The average Bonchev–Trinajstić information content (AvgIpc) is 3.20. The number of piperazine rings is 1. The van der Waals surface area contributed by atoms with Crippen molar-refractivity contribution in [2.75, 3.05) is 51.3 Å². The predicted octanol–water partition coefficient (Wildman–Crippen LogP) is 3.35. The molecule has 0 unspecified atom stereocenters. The van der Waals surface area contributed by atoms with Crippen LogP contribution in [0.15, 0.2) is 24.3 Å². The van der Waals surface area contributed by atoms with Gasteiger partial charge in [-0.1, -0.05) is 13.0 Å². The molecule has 2 aliphatic rings. The number of anilines is 1. The molecule has 0 atom stereocenters. The molecule has 168 valence electrons. The number of thiophene rings is 1. The van der Waals surface area contributed by atoms with Gasteiger partial charge in [0.25, 0.3) is 5.91 Å². The average molecular weight is 452 g/mol. The number of hydrogen-bond acceptors (Lipinski definition) is 7. The molecule has 7 nitrogen and oxygen atoms in total. The van der Waals surface area contributed by atoms with Crippen molar-refractivity contribution < 1.29 is 9.53 Å². The second-order valence-corrected chi connectivity index (χ2v) is 9.49. The zero-order chi connectivity index (χ0) is 22.2. The van der Waals surface area contributed by atoms with Gasteiger partial charge in [0.2, 0.25) is 0 Å². The van der Waals surface area contributed by atoms with E-state index in [2.05, 4.69) is 16.7 Å². The van der Waals surface area contributed by atoms with Crippen LogP contribution in [0.4, 0.5) is 5.82 Å². The molecule has 1 saturated heterocycles. The molecular weight excluding hydrogens is 422 g/mol. The van der Waals surface area contributed by atoms with E-state index in [1.54, 1.807) is 7.11 Å². The van der Waals surface area contributed by atoms with Crippen LogP contribution in [0.2, 0.25) is 0 Å². The van der Waals surface area contributed by atoms with Crippen LogP contribution in [-0.4, -0.2) is 72.1 Å².